The number of amides is 1. The van der Waals surface area contributed by atoms with Crippen LogP contribution in [0.15, 0.2) is 96.7 Å². The summed E-state index contributed by atoms with van der Waals surface area (Å²) >= 11 is 1.34. The molecule has 6 aromatic rings. The summed E-state index contributed by atoms with van der Waals surface area (Å²) in [7, 11) is 0. The molecule has 8 nitrogen and oxygen atoms in total. The summed E-state index contributed by atoms with van der Waals surface area (Å²) in [6.45, 7) is 5.75. The lowest BCUT2D eigenvalue weighted by Crippen LogP contribution is -2.29. The van der Waals surface area contributed by atoms with Crippen molar-refractivity contribution in [3.63, 3.8) is 0 Å². The van der Waals surface area contributed by atoms with Gasteiger partial charge in [-0.05, 0) is 79.9 Å². The second kappa shape index (κ2) is 10.2. The van der Waals surface area contributed by atoms with Crippen molar-refractivity contribution in [2.75, 3.05) is 4.90 Å². The van der Waals surface area contributed by atoms with Crippen LogP contribution in [0, 0.1) is 20.8 Å². The minimum atomic E-state index is -0.963. The summed E-state index contributed by atoms with van der Waals surface area (Å²) in [6, 6.07) is 25.1. The molecule has 0 radical (unpaired) electrons. The number of thiazole rings is 1. The Bertz CT molecular complexity index is 2110. The Morgan fingerprint density at radius 1 is 0.884 bits per heavy atom. The van der Waals surface area contributed by atoms with Gasteiger partial charge in [0.2, 0.25) is 0 Å². The van der Waals surface area contributed by atoms with E-state index in [-0.39, 0.29) is 11.3 Å². The van der Waals surface area contributed by atoms with E-state index >= 15 is 0 Å². The lowest BCUT2D eigenvalue weighted by atomic mass is 9.96. The van der Waals surface area contributed by atoms with Crippen molar-refractivity contribution in [2.24, 2.45) is 0 Å². The minimum absolute atomic E-state index is 0.0391. The number of ketones is 1. The molecule has 1 amide bonds. The van der Waals surface area contributed by atoms with E-state index in [2.05, 4.69) is 4.98 Å². The molecule has 7 rings (SSSR count). The highest BCUT2D eigenvalue weighted by Crippen LogP contribution is 2.45. The van der Waals surface area contributed by atoms with E-state index in [1.165, 1.54) is 16.2 Å². The van der Waals surface area contributed by atoms with E-state index in [0.717, 1.165) is 21.3 Å². The molecule has 212 valence electrons. The Morgan fingerprint density at radius 2 is 1.65 bits per heavy atom. The lowest BCUT2D eigenvalue weighted by Gasteiger charge is -2.23. The number of aryl methyl sites for hydroxylation is 3. The number of rotatable bonds is 5. The number of para-hydroxylation sites is 1. The molecule has 43 heavy (non-hydrogen) atoms. The van der Waals surface area contributed by atoms with Gasteiger partial charge in [-0.25, -0.2) is 9.97 Å². The second-order valence-corrected chi connectivity index (χ2v) is 11.6. The van der Waals surface area contributed by atoms with Crippen molar-refractivity contribution in [3.05, 3.63) is 125 Å². The maximum Gasteiger partial charge on any atom is 0.301 e. The van der Waals surface area contributed by atoms with Gasteiger partial charge in [-0.2, -0.15) is 0 Å². The molecule has 3 aromatic heterocycles. The summed E-state index contributed by atoms with van der Waals surface area (Å²) in [4.78, 5) is 38.5. The Morgan fingerprint density at radius 3 is 2.47 bits per heavy atom. The largest absolute Gasteiger partial charge is 0.505 e. The van der Waals surface area contributed by atoms with Crippen LogP contribution in [-0.2, 0) is 9.59 Å². The first-order chi connectivity index (χ1) is 20.8. The molecule has 0 spiro atoms. The van der Waals surface area contributed by atoms with E-state index in [0.29, 0.717) is 39.2 Å². The van der Waals surface area contributed by atoms with Crippen LogP contribution in [0.1, 0.15) is 34.1 Å². The maximum absolute atomic E-state index is 13.9. The average molecular weight is 587 g/mol. The number of pyridine rings is 1. The van der Waals surface area contributed by atoms with Gasteiger partial charge >= 0.3 is 5.91 Å². The van der Waals surface area contributed by atoms with Crippen molar-refractivity contribution in [3.8, 4) is 11.5 Å². The topological polar surface area (TPSA) is 97.0 Å². The SMILES string of the molecule is Cc1cc(C)c2nc(N3C(=O)C(=O)C(=C(O)c4c(C)nc5ccccn45)C3c3cccc(Oc4ccccc4)c3)sc2c1. The number of carbonyl (C=O) groups is 2. The third-order valence-corrected chi connectivity index (χ3v) is 8.55. The van der Waals surface area contributed by atoms with E-state index in [1.54, 1.807) is 35.7 Å². The third-order valence-electron chi connectivity index (χ3n) is 7.55. The van der Waals surface area contributed by atoms with Crippen molar-refractivity contribution in [1.29, 1.82) is 0 Å². The first-order valence-corrected chi connectivity index (χ1v) is 14.6. The Labute approximate surface area is 251 Å². The van der Waals surface area contributed by atoms with Crippen molar-refractivity contribution in [1.82, 2.24) is 14.4 Å². The molecule has 3 aromatic carbocycles. The van der Waals surface area contributed by atoms with Crippen molar-refractivity contribution < 1.29 is 19.4 Å². The smallest absolute Gasteiger partial charge is 0.301 e. The molecule has 0 bridgehead atoms. The van der Waals surface area contributed by atoms with E-state index in [1.807, 2.05) is 80.6 Å². The van der Waals surface area contributed by atoms with E-state index in [4.69, 9.17) is 9.72 Å². The number of Topliss-reactive ketones (excluding diaryl/α,β-unsaturated/α-hetero) is 1. The lowest BCUT2D eigenvalue weighted by molar-refractivity contribution is -0.132. The number of carbonyl (C=O) groups excluding carboxylic acids is 2. The van der Waals surface area contributed by atoms with Crippen LogP contribution in [-0.4, -0.2) is 31.2 Å². The highest BCUT2D eigenvalue weighted by Gasteiger charge is 2.48. The number of hydrogen-bond acceptors (Lipinski definition) is 7. The molecule has 1 N–H and O–H groups in total. The predicted octanol–water partition coefficient (Wildman–Crippen LogP) is 7.29. The molecule has 0 aliphatic carbocycles. The molecule has 1 fully saturated rings. The number of ether oxygens (including phenoxy) is 1. The predicted molar refractivity (Wildman–Crippen MR) is 167 cm³/mol. The number of aliphatic hydroxyl groups is 1. The second-order valence-electron chi connectivity index (χ2n) is 10.6. The summed E-state index contributed by atoms with van der Waals surface area (Å²) in [6.07, 6.45) is 1.77. The number of hydrogen-bond donors (Lipinski definition) is 1. The van der Waals surface area contributed by atoms with Gasteiger partial charge in [0.15, 0.2) is 10.9 Å². The zero-order valence-electron chi connectivity index (χ0n) is 23.6. The van der Waals surface area contributed by atoms with Crippen LogP contribution in [0.2, 0.25) is 0 Å². The van der Waals surface area contributed by atoms with Gasteiger partial charge in [0.05, 0.1) is 27.5 Å². The maximum atomic E-state index is 13.9. The quantitative estimate of drug-likeness (QED) is 0.129. The Hall–Kier alpha value is -5.28. The first-order valence-electron chi connectivity index (χ1n) is 13.8. The number of aromatic nitrogens is 3. The van der Waals surface area contributed by atoms with Crippen LogP contribution < -0.4 is 9.64 Å². The standard InChI is InChI=1S/C34H26N4O4S/c1-19-16-20(2)28-25(17-19)43-34(36-28)38-30(22-10-9-13-24(18-22)42-23-11-5-4-6-12-23)27(32(40)33(38)41)31(39)29-21(3)35-26-14-7-8-15-37(26)29/h4-18,30,39H,1-3H3. The van der Waals surface area contributed by atoms with Gasteiger partial charge in [-0.15, -0.1) is 0 Å². The minimum Gasteiger partial charge on any atom is -0.505 e. The zero-order valence-corrected chi connectivity index (χ0v) is 24.4. The van der Waals surface area contributed by atoms with Crippen molar-refractivity contribution >= 4 is 49.8 Å². The van der Waals surface area contributed by atoms with Crippen molar-refractivity contribution in [2.45, 2.75) is 26.8 Å². The van der Waals surface area contributed by atoms with Crippen LogP contribution in [0.5, 0.6) is 11.5 Å². The molecule has 9 heteroatoms. The fraction of sp³-hybridized carbons (Fsp3) is 0.118. The zero-order chi connectivity index (χ0) is 29.8. The summed E-state index contributed by atoms with van der Waals surface area (Å²) in [5.74, 6) is -0.692. The summed E-state index contributed by atoms with van der Waals surface area (Å²) in [5, 5.41) is 12.2. The molecule has 1 aliphatic rings. The average Bonchev–Trinajstić information content (AvgIpc) is 3.64. The number of aliphatic hydroxyl groups excluding tert-OH is 1. The number of imidazole rings is 1. The van der Waals surface area contributed by atoms with Crippen LogP contribution in [0.3, 0.4) is 0 Å². The van der Waals surface area contributed by atoms with Gasteiger partial charge in [-0.1, -0.05) is 53.8 Å². The number of anilines is 1. The first kappa shape index (κ1) is 26.6. The van der Waals surface area contributed by atoms with Gasteiger partial charge in [-0.3, -0.25) is 18.9 Å². The summed E-state index contributed by atoms with van der Waals surface area (Å²) < 4.78 is 8.73. The number of nitrogens with zero attached hydrogens (tertiary/aromatic N) is 4. The molecule has 0 saturated carbocycles. The monoisotopic (exact) mass is 586 g/mol. The fourth-order valence-electron chi connectivity index (χ4n) is 5.71. The molecule has 1 unspecified atom stereocenters. The third kappa shape index (κ3) is 4.45. The molecule has 1 aliphatic heterocycles. The van der Waals surface area contributed by atoms with E-state index < -0.39 is 17.7 Å². The van der Waals surface area contributed by atoms with Gasteiger partial charge in [0, 0.05) is 6.20 Å². The molecular weight excluding hydrogens is 560 g/mol. The number of fused-ring (bicyclic) bond motifs is 2. The highest BCUT2D eigenvalue weighted by molar-refractivity contribution is 7.22. The Kier molecular flexibility index (Phi) is 6.32. The molecule has 4 heterocycles. The number of benzene rings is 3. The molecule has 1 atom stereocenters. The Balaban J connectivity index is 1.45. The van der Waals surface area contributed by atoms with Gasteiger partial charge < -0.3 is 9.84 Å². The van der Waals surface area contributed by atoms with Crippen LogP contribution in [0.4, 0.5) is 5.13 Å². The molecular formula is C34H26N4O4S. The summed E-state index contributed by atoms with van der Waals surface area (Å²) in [5.41, 5.74) is 4.87. The molecule has 1 saturated heterocycles. The van der Waals surface area contributed by atoms with E-state index in [9.17, 15) is 14.7 Å². The van der Waals surface area contributed by atoms with Gasteiger partial charge in [0.25, 0.3) is 5.78 Å². The fourth-order valence-corrected chi connectivity index (χ4v) is 6.87. The van der Waals surface area contributed by atoms with Crippen LogP contribution in [0.25, 0.3) is 21.6 Å². The van der Waals surface area contributed by atoms with Crippen LogP contribution >= 0.6 is 11.3 Å². The highest BCUT2D eigenvalue weighted by atomic mass is 32.1. The normalized spacial score (nSPS) is 16.4. The van der Waals surface area contributed by atoms with Gasteiger partial charge in [0.1, 0.15) is 22.8 Å².